The molecule has 0 aliphatic carbocycles. The van der Waals surface area contributed by atoms with Crippen LogP contribution in [0.2, 0.25) is 5.02 Å². The molecule has 0 radical (unpaired) electrons. The molecule has 0 unspecified atom stereocenters. The highest BCUT2D eigenvalue weighted by molar-refractivity contribution is 6.31. The van der Waals surface area contributed by atoms with E-state index in [9.17, 15) is 4.79 Å². The van der Waals surface area contributed by atoms with E-state index in [1.807, 2.05) is 86.7 Å². The molecule has 0 aliphatic heterocycles. The Balaban J connectivity index is 1.76. The lowest BCUT2D eigenvalue weighted by molar-refractivity contribution is 0.298. The van der Waals surface area contributed by atoms with Gasteiger partial charge in [-0.15, -0.1) is 0 Å². The predicted molar refractivity (Wildman–Crippen MR) is 135 cm³/mol. The molecule has 0 saturated heterocycles. The van der Waals surface area contributed by atoms with Gasteiger partial charge in [0, 0.05) is 23.7 Å². The van der Waals surface area contributed by atoms with E-state index in [0.29, 0.717) is 36.8 Å². The lowest BCUT2D eigenvalue weighted by Gasteiger charge is -2.14. The molecule has 0 amide bonds. The molecule has 3 rings (SSSR count). The van der Waals surface area contributed by atoms with Crippen molar-refractivity contribution < 1.29 is 4.74 Å². The summed E-state index contributed by atoms with van der Waals surface area (Å²) in [6, 6.07) is 17.1. The molecule has 0 fully saturated rings. The number of benzene rings is 2. The molecule has 4 nitrogen and oxygen atoms in total. The van der Waals surface area contributed by atoms with Crippen LogP contribution in [0.1, 0.15) is 19.4 Å². The fourth-order valence-corrected chi connectivity index (χ4v) is 3.45. The van der Waals surface area contributed by atoms with E-state index < -0.39 is 0 Å². The summed E-state index contributed by atoms with van der Waals surface area (Å²) in [4.78, 5) is 13.2. The van der Waals surface area contributed by atoms with Crippen molar-refractivity contribution in [2.75, 3.05) is 13.2 Å². The molecule has 1 heterocycles. The molecule has 5 heteroatoms. The van der Waals surface area contributed by atoms with E-state index in [4.69, 9.17) is 16.3 Å². The Hall–Kier alpha value is -3.08. The van der Waals surface area contributed by atoms with E-state index in [1.54, 1.807) is 4.57 Å². The molecule has 3 aromatic rings. The van der Waals surface area contributed by atoms with Gasteiger partial charge in [0.15, 0.2) is 0 Å². The van der Waals surface area contributed by atoms with Crippen LogP contribution in [-0.4, -0.2) is 17.7 Å². The van der Waals surface area contributed by atoms with Crippen molar-refractivity contribution in [1.29, 1.82) is 0 Å². The van der Waals surface area contributed by atoms with Gasteiger partial charge in [0.1, 0.15) is 12.4 Å². The number of ether oxygens (including phenoxy) is 1. The van der Waals surface area contributed by atoms with Crippen LogP contribution in [0, 0.1) is 0 Å². The molecule has 0 spiro atoms. The highest BCUT2D eigenvalue weighted by Crippen LogP contribution is 2.19. The number of para-hydroxylation sites is 1. The summed E-state index contributed by atoms with van der Waals surface area (Å²) >= 11 is 6.21. The van der Waals surface area contributed by atoms with Crippen molar-refractivity contribution >= 4 is 22.5 Å². The lowest BCUT2D eigenvalue weighted by atomic mass is 10.1. The van der Waals surface area contributed by atoms with E-state index in [0.717, 1.165) is 22.2 Å². The quantitative estimate of drug-likeness (QED) is 0.392. The fourth-order valence-electron chi connectivity index (χ4n) is 3.29. The zero-order valence-corrected chi connectivity index (χ0v) is 19.4. The topological polar surface area (TPSA) is 43.3 Å². The second-order valence-corrected chi connectivity index (χ2v) is 8.06. The molecule has 1 aromatic heterocycles. The van der Waals surface area contributed by atoms with Crippen LogP contribution in [0.4, 0.5) is 0 Å². The largest absolute Gasteiger partial charge is 0.492 e. The summed E-state index contributed by atoms with van der Waals surface area (Å²) in [5.74, 6) is 0.778. The molecule has 1 N–H and O–H groups in total. The predicted octanol–water partition coefficient (Wildman–Crippen LogP) is 5.90. The van der Waals surface area contributed by atoms with Gasteiger partial charge in [-0.2, -0.15) is 0 Å². The van der Waals surface area contributed by atoms with Gasteiger partial charge in [-0.3, -0.25) is 4.79 Å². The Morgan fingerprint density at radius 2 is 1.94 bits per heavy atom. The number of rotatable bonds is 10. The zero-order chi connectivity index (χ0) is 22.9. The second kappa shape index (κ2) is 11.5. The number of pyridine rings is 1. The van der Waals surface area contributed by atoms with Gasteiger partial charge in [-0.05, 0) is 55.1 Å². The van der Waals surface area contributed by atoms with Gasteiger partial charge in [0.2, 0.25) is 0 Å². The highest BCUT2D eigenvalue weighted by atomic mass is 35.5. The second-order valence-electron chi connectivity index (χ2n) is 7.62. The maximum atomic E-state index is 13.2. The summed E-state index contributed by atoms with van der Waals surface area (Å²) in [6.07, 6.45) is 6.07. The van der Waals surface area contributed by atoms with Crippen molar-refractivity contribution in [2.45, 2.75) is 26.9 Å². The number of halogens is 1. The van der Waals surface area contributed by atoms with Gasteiger partial charge in [-0.25, -0.2) is 0 Å². The third-order valence-electron chi connectivity index (χ3n) is 5.16. The fraction of sp³-hybridized carbons (Fsp3) is 0.222. The first-order valence-corrected chi connectivity index (χ1v) is 11.0. The van der Waals surface area contributed by atoms with Crippen LogP contribution in [0.3, 0.4) is 0 Å². The molecule has 0 atom stereocenters. The molecule has 2 aromatic carbocycles. The first-order chi connectivity index (χ1) is 15.5. The normalized spacial score (nSPS) is 11.9. The SMILES string of the molecule is C=C(/C=C\C(C)=C/C)CNCc1cc2ccc(Cl)cc2n(CCOc2ccccc2)c1=O. The minimum Gasteiger partial charge on any atom is -0.492 e. The summed E-state index contributed by atoms with van der Waals surface area (Å²) in [5.41, 5.74) is 3.59. The maximum absolute atomic E-state index is 13.2. The van der Waals surface area contributed by atoms with Gasteiger partial charge >= 0.3 is 0 Å². The molecular weight excluding hydrogens is 420 g/mol. The summed E-state index contributed by atoms with van der Waals surface area (Å²) in [5, 5.41) is 4.89. The Morgan fingerprint density at radius 1 is 1.16 bits per heavy atom. The molecule has 0 bridgehead atoms. The first kappa shape index (κ1) is 23.6. The van der Waals surface area contributed by atoms with Gasteiger partial charge < -0.3 is 14.6 Å². The molecular formula is C27H29ClN2O2. The number of aromatic nitrogens is 1. The van der Waals surface area contributed by atoms with Gasteiger partial charge in [-0.1, -0.05) is 66.2 Å². The van der Waals surface area contributed by atoms with Gasteiger partial charge in [0.25, 0.3) is 5.56 Å². The van der Waals surface area contributed by atoms with Crippen LogP contribution >= 0.6 is 11.6 Å². The molecule has 0 aliphatic rings. The smallest absolute Gasteiger partial charge is 0.255 e. The monoisotopic (exact) mass is 448 g/mol. The van der Waals surface area contributed by atoms with Crippen molar-refractivity contribution in [3.63, 3.8) is 0 Å². The number of nitrogens with one attached hydrogen (secondary N) is 1. The summed E-state index contributed by atoms with van der Waals surface area (Å²) in [7, 11) is 0. The molecule has 166 valence electrons. The van der Waals surface area contributed by atoms with Crippen LogP contribution in [0.25, 0.3) is 10.9 Å². The zero-order valence-electron chi connectivity index (χ0n) is 18.6. The van der Waals surface area contributed by atoms with E-state index in [1.165, 1.54) is 5.57 Å². The van der Waals surface area contributed by atoms with Crippen LogP contribution in [-0.2, 0) is 13.1 Å². The van der Waals surface area contributed by atoms with Crippen LogP contribution < -0.4 is 15.6 Å². The number of hydrogen-bond acceptors (Lipinski definition) is 3. The number of fused-ring (bicyclic) bond motifs is 1. The van der Waals surface area contributed by atoms with Crippen molar-refractivity contribution in [2.24, 2.45) is 0 Å². The minimum atomic E-state index is -0.0464. The molecule has 32 heavy (non-hydrogen) atoms. The van der Waals surface area contributed by atoms with Crippen molar-refractivity contribution in [1.82, 2.24) is 9.88 Å². The van der Waals surface area contributed by atoms with Crippen molar-refractivity contribution in [3.8, 4) is 5.75 Å². The summed E-state index contributed by atoms with van der Waals surface area (Å²) in [6.45, 7) is 9.98. The summed E-state index contributed by atoms with van der Waals surface area (Å²) < 4.78 is 7.56. The maximum Gasteiger partial charge on any atom is 0.255 e. The Kier molecular flexibility index (Phi) is 8.48. The molecule has 0 saturated carbocycles. The van der Waals surface area contributed by atoms with Crippen LogP contribution in [0.15, 0.2) is 95.3 Å². The number of allylic oxidation sites excluding steroid dienone is 3. The number of hydrogen-bond donors (Lipinski definition) is 1. The van der Waals surface area contributed by atoms with Crippen LogP contribution in [0.5, 0.6) is 5.75 Å². The third kappa shape index (κ3) is 6.46. The lowest BCUT2D eigenvalue weighted by Crippen LogP contribution is -2.29. The Bertz CT molecular complexity index is 1190. The van der Waals surface area contributed by atoms with Gasteiger partial charge in [0.05, 0.1) is 12.1 Å². The Morgan fingerprint density at radius 3 is 2.69 bits per heavy atom. The minimum absolute atomic E-state index is 0.0464. The third-order valence-corrected chi connectivity index (χ3v) is 5.40. The highest BCUT2D eigenvalue weighted by Gasteiger charge is 2.10. The van der Waals surface area contributed by atoms with E-state index >= 15 is 0 Å². The average Bonchev–Trinajstić information content (AvgIpc) is 2.80. The van der Waals surface area contributed by atoms with E-state index in [-0.39, 0.29) is 5.56 Å². The number of nitrogens with zero attached hydrogens (tertiary/aromatic N) is 1. The van der Waals surface area contributed by atoms with E-state index in [2.05, 4.69) is 11.9 Å². The Labute approximate surface area is 194 Å². The standard InChI is InChI=1S/C27H29ClN2O2/c1-4-20(2)10-11-21(3)18-29-19-23-16-22-12-13-24(28)17-26(22)30(27(23)31)14-15-32-25-8-6-5-7-9-25/h4-13,16-17,29H,3,14-15,18-19H2,1-2H3/b11-10-,20-4-. The average molecular weight is 449 g/mol. The first-order valence-electron chi connectivity index (χ1n) is 10.7. The van der Waals surface area contributed by atoms with Crippen molar-refractivity contribution in [3.05, 3.63) is 111 Å².